The van der Waals surface area contributed by atoms with E-state index in [0.717, 1.165) is 17.1 Å². The summed E-state index contributed by atoms with van der Waals surface area (Å²) >= 11 is 0. The molecule has 130 valence electrons. The number of rotatable bonds is 9. The number of nitrogens with one attached hydrogen (secondary N) is 1. The summed E-state index contributed by atoms with van der Waals surface area (Å²) in [4.78, 5) is 0. The van der Waals surface area contributed by atoms with Crippen LogP contribution in [0.5, 0.6) is 17.2 Å². The van der Waals surface area contributed by atoms with Gasteiger partial charge in [-0.2, -0.15) is 0 Å². The van der Waals surface area contributed by atoms with Crippen LogP contribution < -0.4 is 19.5 Å². The summed E-state index contributed by atoms with van der Waals surface area (Å²) in [6, 6.07) is 12.5. The van der Waals surface area contributed by atoms with Gasteiger partial charge in [0.15, 0.2) is 11.6 Å². The second kappa shape index (κ2) is 9.13. The number of hydrogen-bond acceptors (Lipinski definition) is 4. The predicted molar refractivity (Wildman–Crippen MR) is 92.5 cm³/mol. The van der Waals surface area contributed by atoms with Crippen molar-refractivity contribution in [3.63, 3.8) is 0 Å². The molecule has 0 aliphatic carbocycles. The Morgan fingerprint density at radius 1 is 1.04 bits per heavy atom. The fourth-order valence-corrected chi connectivity index (χ4v) is 2.31. The van der Waals surface area contributed by atoms with Crippen molar-refractivity contribution >= 4 is 0 Å². The summed E-state index contributed by atoms with van der Waals surface area (Å²) in [7, 11) is 1.46. The molecule has 0 aliphatic rings. The number of halogens is 1. The van der Waals surface area contributed by atoms with Crippen LogP contribution in [0.4, 0.5) is 4.39 Å². The van der Waals surface area contributed by atoms with Crippen LogP contribution in [0.2, 0.25) is 0 Å². The van der Waals surface area contributed by atoms with E-state index in [0.29, 0.717) is 19.8 Å². The van der Waals surface area contributed by atoms with Gasteiger partial charge in [-0.05, 0) is 55.8 Å². The maximum atomic E-state index is 13.7. The van der Waals surface area contributed by atoms with Crippen molar-refractivity contribution in [2.24, 2.45) is 0 Å². The molecule has 1 N–H and O–H groups in total. The Labute approximate surface area is 142 Å². The first-order chi connectivity index (χ1) is 11.6. The normalized spacial score (nSPS) is 11.8. The van der Waals surface area contributed by atoms with Crippen LogP contribution >= 0.6 is 0 Å². The Bertz CT molecular complexity index is 631. The molecule has 1 unspecified atom stereocenters. The fourth-order valence-electron chi connectivity index (χ4n) is 2.31. The lowest BCUT2D eigenvalue weighted by Crippen LogP contribution is -2.24. The van der Waals surface area contributed by atoms with E-state index in [1.165, 1.54) is 13.2 Å². The molecular weight excluding hydrogens is 309 g/mol. The second-order valence-electron chi connectivity index (χ2n) is 5.32. The van der Waals surface area contributed by atoms with Gasteiger partial charge in [-0.3, -0.25) is 0 Å². The average molecular weight is 333 g/mol. The minimum atomic E-state index is -0.353. The van der Waals surface area contributed by atoms with Gasteiger partial charge in [0, 0.05) is 12.6 Å². The van der Waals surface area contributed by atoms with Crippen LogP contribution in [0.15, 0.2) is 42.5 Å². The Kier molecular flexibility index (Phi) is 6.88. The highest BCUT2D eigenvalue weighted by molar-refractivity contribution is 5.31. The third-order valence-corrected chi connectivity index (χ3v) is 3.63. The Hall–Kier alpha value is -2.27. The zero-order chi connectivity index (χ0) is 17.4. The lowest BCUT2D eigenvalue weighted by Gasteiger charge is -2.15. The lowest BCUT2D eigenvalue weighted by atomic mass is 10.1. The molecule has 4 nitrogen and oxygen atoms in total. The molecule has 0 heterocycles. The molecular formula is C19H24FNO3. The number of benzene rings is 2. The summed E-state index contributed by atoms with van der Waals surface area (Å²) in [6.07, 6.45) is 0. The van der Waals surface area contributed by atoms with Crippen LogP contribution in [0.3, 0.4) is 0 Å². The SMILES string of the molecule is CCOc1ccc(OCCNC(C)c2ccc(OC)c(F)c2)cc1. The van der Waals surface area contributed by atoms with Crippen molar-refractivity contribution in [3.05, 3.63) is 53.8 Å². The largest absolute Gasteiger partial charge is 0.494 e. The van der Waals surface area contributed by atoms with E-state index in [2.05, 4.69) is 5.32 Å². The van der Waals surface area contributed by atoms with E-state index in [4.69, 9.17) is 14.2 Å². The molecule has 2 aromatic rings. The van der Waals surface area contributed by atoms with Gasteiger partial charge in [-0.1, -0.05) is 6.07 Å². The molecule has 0 aliphatic heterocycles. The zero-order valence-electron chi connectivity index (χ0n) is 14.3. The molecule has 2 aromatic carbocycles. The predicted octanol–water partition coefficient (Wildman–Crippen LogP) is 3.96. The van der Waals surface area contributed by atoms with E-state index in [9.17, 15) is 4.39 Å². The molecule has 0 radical (unpaired) electrons. The molecule has 0 bridgehead atoms. The van der Waals surface area contributed by atoms with E-state index in [-0.39, 0.29) is 17.6 Å². The first-order valence-corrected chi connectivity index (χ1v) is 8.06. The van der Waals surface area contributed by atoms with Crippen LogP contribution in [-0.4, -0.2) is 26.9 Å². The highest BCUT2D eigenvalue weighted by Crippen LogP contribution is 2.21. The maximum absolute atomic E-state index is 13.7. The van der Waals surface area contributed by atoms with E-state index < -0.39 is 0 Å². The van der Waals surface area contributed by atoms with Crippen LogP contribution in [0.25, 0.3) is 0 Å². The standard InChI is InChI=1S/C19H24FNO3/c1-4-23-16-6-8-17(9-7-16)24-12-11-21-14(2)15-5-10-19(22-3)18(20)13-15/h5-10,13-14,21H,4,11-12H2,1-3H3. The fraction of sp³-hybridized carbons (Fsp3) is 0.368. The summed E-state index contributed by atoms with van der Waals surface area (Å²) in [5.74, 6) is 1.53. The average Bonchev–Trinajstić information content (AvgIpc) is 2.60. The highest BCUT2D eigenvalue weighted by Gasteiger charge is 2.09. The van der Waals surface area contributed by atoms with E-state index in [1.54, 1.807) is 6.07 Å². The minimum Gasteiger partial charge on any atom is -0.494 e. The summed E-state index contributed by atoms with van der Waals surface area (Å²) < 4.78 is 29.7. The minimum absolute atomic E-state index is 0.0225. The van der Waals surface area contributed by atoms with Crippen molar-refractivity contribution in [3.8, 4) is 17.2 Å². The van der Waals surface area contributed by atoms with Crippen molar-refractivity contribution in [1.82, 2.24) is 5.32 Å². The Morgan fingerprint density at radius 2 is 1.71 bits per heavy atom. The first kappa shape index (κ1) is 18.1. The zero-order valence-corrected chi connectivity index (χ0v) is 14.3. The van der Waals surface area contributed by atoms with Crippen LogP contribution in [0, 0.1) is 5.82 Å². The Morgan fingerprint density at radius 3 is 2.29 bits per heavy atom. The molecule has 0 saturated heterocycles. The molecule has 1 atom stereocenters. The molecule has 5 heteroatoms. The van der Waals surface area contributed by atoms with Crippen molar-refractivity contribution in [1.29, 1.82) is 0 Å². The van der Waals surface area contributed by atoms with Gasteiger partial charge in [0.25, 0.3) is 0 Å². The van der Waals surface area contributed by atoms with Crippen LogP contribution in [0.1, 0.15) is 25.5 Å². The van der Waals surface area contributed by atoms with Crippen molar-refractivity contribution in [2.45, 2.75) is 19.9 Å². The van der Waals surface area contributed by atoms with E-state index in [1.807, 2.05) is 44.2 Å². The molecule has 0 aromatic heterocycles. The Balaban J connectivity index is 1.76. The third kappa shape index (κ3) is 5.13. The molecule has 0 saturated carbocycles. The quantitative estimate of drug-likeness (QED) is 0.705. The molecule has 0 spiro atoms. The first-order valence-electron chi connectivity index (χ1n) is 8.06. The number of ether oxygens (including phenoxy) is 3. The monoisotopic (exact) mass is 333 g/mol. The maximum Gasteiger partial charge on any atom is 0.165 e. The van der Waals surface area contributed by atoms with Gasteiger partial charge < -0.3 is 19.5 Å². The summed E-state index contributed by atoms with van der Waals surface area (Å²) in [5, 5.41) is 3.31. The summed E-state index contributed by atoms with van der Waals surface area (Å²) in [5.41, 5.74) is 0.870. The van der Waals surface area contributed by atoms with Crippen LogP contribution in [-0.2, 0) is 0 Å². The number of hydrogen-bond donors (Lipinski definition) is 1. The van der Waals surface area contributed by atoms with Gasteiger partial charge in [-0.25, -0.2) is 4.39 Å². The van der Waals surface area contributed by atoms with Gasteiger partial charge in [0.05, 0.1) is 13.7 Å². The highest BCUT2D eigenvalue weighted by atomic mass is 19.1. The van der Waals surface area contributed by atoms with Gasteiger partial charge >= 0.3 is 0 Å². The van der Waals surface area contributed by atoms with Crippen molar-refractivity contribution < 1.29 is 18.6 Å². The molecule has 24 heavy (non-hydrogen) atoms. The molecule has 0 amide bonds. The van der Waals surface area contributed by atoms with Gasteiger partial charge in [0.2, 0.25) is 0 Å². The summed E-state index contributed by atoms with van der Waals surface area (Å²) in [6.45, 7) is 5.76. The topological polar surface area (TPSA) is 39.7 Å². The molecule has 0 fully saturated rings. The number of methoxy groups -OCH3 is 1. The van der Waals surface area contributed by atoms with Gasteiger partial charge in [0.1, 0.15) is 18.1 Å². The van der Waals surface area contributed by atoms with Crippen molar-refractivity contribution in [2.75, 3.05) is 26.9 Å². The van der Waals surface area contributed by atoms with Gasteiger partial charge in [-0.15, -0.1) is 0 Å². The smallest absolute Gasteiger partial charge is 0.165 e. The third-order valence-electron chi connectivity index (χ3n) is 3.63. The lowest BCUT2D eigenvalue weighted by molar-refractivity contribution is 0.305. The second-order valence-corrected chi connectivity index (χ2v) is 5.32. The molecule has 2 rings (SSSR count). The van der Waals surface area contributed by atoms with E-state index >= 15 is 0 Å².